The van der Waals surface area contributed by atoms with Crippen molar-refractivity contribution in [3.8, 4) is 0 Å². The van der Waals surface area contributed by atoms with Crippen molar-refractivity contribution in [3.63, 3.8) is 0 Å². The van der Waals surface area contributed by atoms with E-state index in [1.54, 1.807) is 0 Å². The third-order valence-electron chi connectivity index (χ3n) is 8.11. The second-order valence-electron chi connectivity index (χ2n) is 11.2. The number of nitrogens with one attached hydrogen (secondary N) is 1. The molecule has 8 heteroatoms. The average Bonchev–Trinajstić information content (AvgIpc) is 3.00. The van der Waals surface area contributed by atoms with Gasteiger partial charge >= 0.3 is 6.18 Å². The van der Waals surface area contributed by atoms with Gasteiger partial charge in [-0.15, -0.1) is 0 Å². The van der Waals surface area contributed by atoms with Gasteiger partial charge in [0.1, 0.15) is 0 Å². The summed E-state index contributed by atoms with van der Waals surface area (Å²) < 4.78 is 38.8. The van der Waals surface area contributed by atoms with Gasteiger partial charge in [-0.05, 0) is 86.4 Å². The maximum Gasteiger partial charge on any atom is 0.416 e. The lowest BCUT2D eigenvalue weighted by atomic mass is 9.97. The van der Waals surface area contributed by atoms with E-state index < -0.39 is 11.7 Å². The molecule has 5 nitrogen and oxygen atoms in total. The molecular weight excluding hydrogens is 549 g/mol. The van der Waals surface area contributed by atoms with Gasteiger partial charge in [0.25, 0.3) is 5.91 Å². The third-order valence-corrected chi connectivity index (χ3v) is 8.11. The third kappa shape index (κ3) is 8.08. The average molecular weight is 591 g/mol. The van der Waals surface area contributed by atoms with E-state index in [4.69, 9.17) is 5.73 Å². The van der Waals surface area contributed by atoms with E-state index in [2.05, 4.69) is 35.0 Å². The van der Waals surface area contributed by atoms with E-state index in [1.165, 1.54) is 12.1 Å². The van der Waals surface area contributed by atoms with Gasteiger partial charge in [0.05, 0.1) is 5.56 Å². The fraction of sp³-hybridized carbons (Fsp3) is 0.343. The van der Waals surface area contributed by atoms with Crippen LogP contribution in [0.25, 0.3) is 5.70 Å². The Morgan fingerprint density at radius 2 is 1.63 bits per heavy atom. The number of carbonyl (C=O) groups excluding carboxylic acids is 1. The van der Waals surface area contributed by atoms with Gasteiger partial charge in [-0.1, -0.05) is 49.3 Å². The number of piperazine rings is 1. The van der Waals surface area contributed by atoms with Crippen LogP contribution in [0.3, 0.4) is 0 Å². The van der Waals surface area contributed by atoms with Crippen LogP contribution in [-0.4, -0.2) is 37.0 Å². The summed E-state index contributed by atoms with van der Waals surface area (Å²) in [6, 6.07) is 18.7. The second-order valence-corrected chi connectivity index (χ2v) is 11.2. The van der Waals surface area contributed by atoms with E-state index in [9.17, 15) is 18.0 Å². The zero-order valence-corrected chi connectivity index (χ0v) is 25.4. The number of nitrogens with two attached hydrogens (primary N) is 1. The summed E-state index contributed by atoms with van der Waals surface area (Å²) >= 11 is 0. The van der Waals surface area contributed by atoms with Crippen LogP contribution in [-0.2, 0) is 12.7 Å². The maximum absolute atomic E-state index is 13.5. The molecule has 3 N–H and O–H groups in total. The van der Waals surface area contributed by atoms with Gasteiger partial charge in [-0.3, -0.25) is 9.69 Å². The van der Waals surface area contributed by atoms with Gasteiger partial charge in [0.15, 0.2) is 0 Å². The smallest absolute Gasteiger partial charge is 0.398 e. The van der Waals surface area contributed by atoms with Crippen LogP contribution in [0.15, 0.2) is 84.0 Å². The Morgan fingerprint density at radius 3 is 2.28 bits per heavy atom. The fourth-order valence-corrected chi connectivity index (χ4v) is 5.26. The molecule has 3 aromatic carbocycles. The highest BCUT2D eigenvalue weighted by Gasteiger charge is 2.30. The van der Waals surface area contributed by atoms with Gasteiger partial charge < -0.3 is 16.0 Å². The van der Waals surface area contributed by atoms with Crippen LogP contribution in [0.5, 0.6) is 0 Å². The van der Waals surface area contributed by atoms with Crippen molar-refractivity contribution in [2.45, 2.75) is 53.3 Å². The highest BCUT2D eigenvalue weighted by molar-refractivity contribution is 6.05. The quantitative estimate of drug-likeness (QED) is 0.248. The first kappa shape index (κ1) is 31.9. The number of benzene rings is 3. The first-order valence-electron chi connectivity index (χ1n) is 14.8. The van der Waals surface area contributed by atoms with Crippen molar-refractivity contribution in [2.24, 2.45) is 5.73 Å². The van der Waals surface area contributed by atoms with Crippen molar-refractivity contribution in [1.29, 1.82) is 0 Å². The number of rotatable bonds is 9. The molecule has 1 aliphatic rings. The summed E-state index contributed by atoms with van der Waals surface area (Å²) in [5, 5.41) is 3.07. The first-order chi connectivity index (χ1) is 20.5. The van der Waals surface area contributed by atoms with Crippen LogP contribution >= 0.6 is 0 Å². The Hall–Kier alpha value is -4.04. The molecule has 0 atom stereocenters. The molecule has 0 radical (unpaired) electrons. The maximum atomic E-state index is 13.5. The molecule has 4 rings (SSSR count). The summed E-state index contributed by atoms with van der Waals surface area (Å²) in [7, 11) is 0. The monoisotopic (exact) mass is 590 g/mol. The molecule has 0 spiro atoms. The first-order valence-corrected chi connectivity index (χ1v) is 14.8. The summed E-state index contributed by atoms with van der Waals surface area (Å²) in [6.45, 7) is 11.7. The van der Waals surface area contributed by atoms with E-state index in [0.717, 1.165) is 71.6 Å². The number of hydrogen-bond acceptors (Lipinski definition) is 4. The Labute approximate surface area is 252 Å². The zero-order chi connectivity index (χ0) is 31.1. The molecule has 1 heterocycles. The Bertz CT molecular complexity index is 1480. The highest BCUT2D eigenvalue weighted by atomic mass is 19.4. The number of alkyl halides is 3. The number of carbonyl (C=O) groups is 1. The van der Waals surface area contributed by atoms with Crippen LogP contribution in [0, 0.1) is 6.92 Å². The lowest BCUT2D eigenvalue weighted by Crippen LogP contribution is -2.46. The van der Waals surface area contributed by atoms with Crippen molar-refractivity contribution < 1.29 is 18.0 Å². The van der Waals surface area contributed by atoms with Crippen molar-refractivity contribution in [2.75, 3.05) is 36.4 Å². The Morgan fingerprint density at radius 1 is 0.953 bits per heavy atom. The summed E-state index contributed by atoms with van der Waals surface area (Å²) in [4.78, 5) is 17.8. The standard InChI is InChI=1S/C35H41F3N4O/c1-5-6-9-24(2)26(4)33(39)32-22-29(15-12-25(32)3)40-34(43)31-11-8-7-10-27(31)23-41-18-20-42(21-19-41)30-16-13-28(14-17-30)35(36,37)38/h7-17,22H,5-6,18-21,23,39H2,1-4H3,(H,40,43)/b24-9+,33-26+. The molecule has 1 aliphatic heterocycles. The zero-order valence-electron chi connectivity index (χ0n) is 25.4. The minimum Gasteiger partial charge on any atom is -0.398 e. The summed E-state index contributed by atoms with van der Waals surface area (Å²) in [6.07, 6.45) is -0.0628. The molecule has 0 aromatic heterocycles. The summed E-state index contributed by atoms with van der Waals surface area (Å²) in [5.74, 6) is -0.188. The van der Waals surface area contributed by atoms with E-state index >= 15 is 0 Å². The van der Waals surface area contributed by atoms with Crippen molar-refractivity contribution in [1.82, 2.24) is 4.90 Å². The number of nitrogens with zero attached hydrogens (tertiary/aromatic N) is 2. The minimum absolute atomic E-state index is 0.188. The summed E-state index contributed by atoms with van der Waals surface area (Å²) in [5.41, 5.74) is 13.8. The molecule has 1 amide bonds. The van der Waals surface area contributed by atoms with Gasteiger partial charge in [-0.2, -0.15) is 13.2 Å². The molecule has 0 bridgehead atoms. The second kappa shape index (κ2) is 14.0. The SMILES string of the molecule is CCC/C=C(C)/C(C)=C(/N)c1cc(NC(=O)c2ccccc2CN2CCN(c3ccc(C(F)(F)F)cc3)CC2)ccc1C. The predicted octanol–water partition coefficient (Wildman–Crippen LogP) is 8.02. The molecule has 1 fully saturated rings. The largest absolute Gasteiger partial charge is 0.416 e. The number of hydrogen-bond donors (Lipinski definition) is 2. The van der Waals surface area contributed by atoms with Crippen LogP contribution in [0.4, 0.5) is 24.5 Å². The lowest BCUT2D eigenvalue weighted by Gasteiger charge is -2.36. The number of allylic oxidation sites excluding steroid dienone is 3. The molecule has 0 aliphatic carbocycles. The molecule has 43 heavy (non-hydrogen) atoms. The van der Waals surface area contributed by atoms with Crippen molar-refractivity contribution in [3.05, 3.63) is 112 Å². The van der Waals surface area contributed by atoms with Crippen LogP contribution in [0.2, 0.25) is 0 Å². The predicted molar refractivity (Wildman–Crippen MR) is 170 cm³/mol. The van der Waals surface area contributed by atoms with E-state index in [0.29, 0.717) is 36.6 Å². The normalized spacial score (nSPS) is 15.3. The minimum atomic E-state index is -4.34. The molecular formula is C35H41F3N4O. The molecule has 0 saturated carbocycles. The van der Waals surface area contributed by atoms with E-state index in [-0.39, 0.29) is 5.91 Å². The number of aryl methyl sites for hydroxylation is 1. The van der Waals surface area contributed by atoms with Gasteiger partial charge in [0, 0.05) is 60.9 Å². The van der Waals surface area contributed by atoms with Crippen LogP contribution in [0.1, 0.15) is 66.2 Å². The number of unbranched alkanes of at least 4 members (excludes halogenated alkanes) is 1. The number of amides is 1. The van der Waals surface area contributed by atoms with Crippen LogP contribution < -0.4 is 16.0 Å². The fourth-order valence-electron chi connectivity index (χ4n) is 5.26. The molecule has 228 valence electrons. The number of halogens is 3. The van der Waals surface area contributed by atoms with Gasteiger partial charge in [0.2, 0.25) is 0 Å². The van der Waals surface area contributed by atoms with E-state index in [1.807, 2.05) is 56.3 Å². The molecule has 0 unspecified atom stereocenters. The topological polar surface area (TPSA) is 61.6 Å². The van der Waals surface area contributed by atoms with Gasteiger partial charge in [-0.25, -0.2) is 0 Å². The van der Waals surface area contributed by atoms with Crippen molar-refractivity contribution >= 4 is 23.0 Å². The highest BCUT2D eigenvalue weighted by Crippen LogP contribution is 2.31. The Balaban J connectivity index is 1.43. The molecule has 3 aromatic rings. The number of anilines is 2. The Kier molecular flexibility index (Phi) is 10.3. The lowest BCUT2D eigenvalue weighted by molar-refractivity contribution is -0.137. The molecule has 1 saturated heterocycles.